The lowest BCUT2D eigenvalue weighted by Gasteiger charge is -2.16. The van der Waals surface area contributed by atoms with Crippen LogP contribution >= 0.6 is 0 Å². The van der Waals surface area contributed by atoms with Crippen molar-refractivity contribution in [2.75, 3.05) is 0 Å². The lowest BCUT2D eigenvalue weighted by molar-refractivity contribution is -0.143. The van der Waals surface area contributed by atoms with Crippen molar-refractivity contribution in [3.63, 3.8) is 0 Å². The molecule has 0 aliphatic heterocycles. The van der Waals surface area contributed by atoms with Gasteiger partial charge in [-0.05, 0) is 49.2 Å². The largest absolute Gasteiger partial charge is 0.416 e. The second kappa shape index (κ2) is 9.15. The third-order valence-electron chi connectivity index (χ3n) is 4.19. The van der Waals surface area contributed by atoms with Gasteiger partial charge >= 0.3 is 12.4 Å². The number of hydrogen-bond donors (Lipinski definition) is 0. The Labute approximate surface area is 167 Å². The fourth-order valence-electron chi connectivity index (χ4n) is 2.62. The first-order valence-electron chi connectivity index (χ1n) is 8.92. The van der Waals surface area contributed by atoms with Gasteiger partial charge in [0.1, 0.15) is 0 Å². The molecule has 1 nitrogen and oxygen atoms in total. The highest BCUT2D eigenvalue weighted by Gasteiger charge is 2.37. The minimum absolute atomic E-state index is 0.0566. The minimum Gasteiger partial charge on any atom is -0.249 e. The van der Waals surface area contributed by atoms with Gasteiger partial charge in [0.15, 0.2) is 0 Å². The molecule has 0 heterocycles. The Morgan fingerprint density at radius 3 is 1.90 bits per heavy atom. The molecular weight excluding hydrogens is 414 g/mol. The molecule has 0 aliphatic carbocycles. The van der Waals surface area contributed by atoms with E-state index in [1.165, 1.54) is 6.08 Å². The van der Waals surface area contributed by atoms with Crippen molar-refractivity contribution in [2.45, 2.75) is 50.4 Å². The summed E-state index contributed by atoms with van der Waals surface area (Å²) < 4.78 is 92.3. The number of alkyl halides is 6. The maximum absolute atomic E-state index is 13.2. The van der Waals surface area contributed by atoms with Gasteiger partial charge in [-0.15, -0.1) is 0 Å². The van der Waals surface area contributed by atoms with Crippen LogP contribution in [-0.4, -0.2) is 4.21 Å². The van der Waals surface area contributed by atoms with Crippen LogP contribution in [0.15, 0.2) is 53.4 Å². The summed E-state index contributed by atoms with van der Waals surface area (Å²) in [5.41, 5.74) is -2.31. The number of benzene rings is 2. The van der Waals surface area contributed by atoms with Gasteiger partial charge in [-0.25, -0.2) is 4.21 Å². The number of hydrogen-bond acceptors (Lipinski definition) is 1. The smallest absolute Gasteiger partial charge is 0.249 e. The average molecular weight is 434 g/mol. The van der Waals surface area contributed by atoms with Gasteiger partial charge in [0, 0.05) is 9.80 Å². The zero-order valence-electron chi connectivity index (χ0n) is 15.8. The van der Waals surface area contributed by atoms with E-state index >= 15 is 0 Å². The molecule has 0 aromatic heterocycles. The minimum atomic E-state index is -4.96. The van der Waals surface area contributed by atoms with E-state index in [1.54, 1.807) is 24.3 Å². The molecule has 29 heavy (non-hydrogen) atoms. The standard InChI is InChI=1S/C21H20F6OS/c1-3-4-5-6-19(29(28)18-9-7-14(2)8-10-18)15-11-16(20(22,23)24)13-17(12-15)21(25,26)27/h6-13H,3-5H2,1-2H3/b19-6-/t29-/m0/s1. The van der Waals surface area contributed by atoms with Gasteiger partial charge in [0.25, 0.3) is 0 Å². The number of halogens is 6. The van der Waals surface area contributed by atoms with Crippen LogP contribution < -0.4 is 0 Å². The van der Waals surface area contributed by atoms with Crippen LogP contribution in [0.2, 0.25) is 0 Å². The van der Waals surface area contributed by atoms with Gasteiger partial charge in [-0.1, -0.05) is 43.5 Å². The highest BCUT2D eigenvalue weighted by molar-refractivity contribution is 7.94. The molecule has 8 heteroatoms. The monoisotopic (exact) mass is 434 g/mol. The number of unbranched alkanes of at least 4 members (excludes halogenated alkanes) is 2. The highest BCUT2D eigenvalue weighted by Crippen LogP contribution is 2.38. The van der Waals surface area contributed by atoms with E-state index in [9.17, 15) is 30.6 Å². The SMILES string of the molecule is CCCC/C=C(/c1cc(C(F)(F)F)cc(C(F)(F)F)c1)[S@@](=O)c1ccc(C)cc1. The molecule has 0 amide bonds. The first kappa shape index (κ1) is 23.2. The fourth-order valence-corrected chi connectivity index (χ4v) is 3.86. The van der Waals surface area contributed by atoms with Crippen molar-refractivity contribution in [1.82, 2.24) is 0 Å². The van der Waals surface area contributed by atoms with Crippen molar-refractivity contribution in [2.24, 2.45) is 0 Å². The van der Waals surface area contributed by atoms with E-state index < -0.39 is 34.3 Å². The molecular formula is C21H20F6OS. The van der Waals surface area contributed by atoms with Gasteiger partial charge in [-0.3, -0.25) is 0 Å². The molecule has 0 spiro atoms. The molecule has 0 unspecified atom stereocenters. The van der Waals surface area contributed by atoms with Crippen LogP contribution in [-0.2, 0) is 23.2 Å². The molecule has 0 radical (unpaired) electrons. The molecule has 0 fully saturated rings. The van der Waals surface area contributed by atoms with Crippen LogP contribution in [0.1, 0.15) is 48.4 Å². The first-order valence-corrected chi connectivity index (χ1v) is 10.1. The first-order chi connectivity index (χ1) is 13.4. The van der Waals surface area contributed by atoms with Crippen molar-refractivity contribution < 1.29 is 30.6 Å². The second-order valence-corrected chi connectivity index (χ2v) is 8.04. The lowest BCUT2D eigenvalue weighted by atomic mass is 10.0. The molecule has 0 aliphatic rings. The predicted octanol–water partition coefficient (Wildman–Crippen LogP) is 7.37. The van der Waals surface area contributed by atoms with Crippen LogP contribution in [0.3, 0.4) is 0 Å². The number of allylic oxidation sites excluding steroid dienone is 1. The van der Waals surface area contributed by atoms with Gasteiger partial charge in [0.05, 0.1) is 21.9 Å². The van der Waals surface area contributed by atoms with E-state index in [4.69, 9.17) is 0 Å². The number of aryl methyl sites for hydroxylation is 1. The molecule has 0 saturated carbocycles. The molecule has 2 aromatic rings. The van der Waals surface area contributed by atoms with E-state index in [-0.39, 0.29) is 16.5 Å². The molecule has 2 rings (SSSR count). The van der Waals surface area contributed by atoms with Gasteiger partial charge < -0.3 is 0 Å². The number of rotatable bonds is 6. The Balaban J connectivity index is 2.65. The molecule has 0 N–H and O–H groups in total. The molecule has 2 aromatic carbocycles. The zero-order chi connectivity index (χ0) is 21.8. The molecule has 0 bridgehead atoms. The predicted molar refractivity (Wildman–Crippen MR) is 102 cm³/mol. The van der Waals surface area contributed by atoms with Crippen LogP contribution in [0.4, 0.5) is 26.3 Å². The van der Waals surface area contributed by atoms with Gasteiger partial charge in [0.2, 0.25) is 0 Å². The summed E-state index contributed by atoms with van der Waals surface area (Å²) in [5.74, 6) is 0. The summed E-state index contributed by atoms with van der Waals surface area (Å²) in [6.45, 7) is 3.71. The summed E-state index contributed by atoms with van der Waals surface area (Å²) in [6, 6.07) is 7.79. The molecule has 158 valence electrons. The fraction of sp³-hybridized carbons (Fsp3) is 0.333. The third kappa shape index (κ3) is 6.19. The van der Waals surface area contributed by atoms with Crippen molar-refractivity contribution >= 4 is 15.7 Å². The molecule has 0 saturated heterocycles. The van der Waals surface area contributed by atoms with E-state index in [2.05, 4.69) is 0 Å². The Hall–Kier alpha value is -2.09. The maximum atomic E-state index is 13.2. The van der Waals surface area contributed by atoms with E-state index in [1.807, 2.05) is 13.8 Å². The second-order valence-electron chi connectivity index (χ2n) is 6.59. The summed E-state index contributed by atoms with van der Waals surface area (Å²) in [6.07, 6.45) is -6.63. The highest BCUT2D eigenvalue weighted by atomic mass is 32.2. The summed E-state index contributed by atoms with van der Waals surface area (Å²) >= 11 is 0. The summed E-state index contributed by atoms with van der Waals surface area (Å²) in [4.78, 5) is 0.253. The Morgan fingerprint density at radius 2 is 1.45 bits per heavy atom. The van der Waals surface area contributed by atoms with Gasteiger partial charge in [-0.2, -0.15) is 26.3 Å². The van der Waals surface area contributed by atoms with E-state index in [0.29, 0.717) is 29.9 Å². The topological polar surface area (TPSA) is 17.1 Å². The third-order valence-corrected chi connectivity index (χ3v) is 5.70. The van der Waals surface area contributed by atoms with Crippen LogP contribution in [0.5, 0.6) is 0 Å². The summed E-state index contributed by atoms with van der Waals surface area (Å²) in [7, 11) is -1.93. The molecule has 1 atom stereocenters. The normalized spacial score (nSPS) is 14.1. The maximum Gasteiger partial charge on any atom is 0.416 e. The van der Waals surface area contributed by atoms with Crippen LogP contribution in [0.25, 0.3) is 4.91 Å². The Morgan fingerprint density at radius 1 is 0.931 bits per heavy atom. The quantitative estimate of drug-likeness (QED) is 0.343. The van der Waals surface area contributed by atoms with Crippen molar-refractivity contribution in [3.05, 3.63) is 70.8 Å². The van der Waals surface area contributed by atoms with E-state index in [0.717, 1.165) is 12.0 Å². The lowest BCUT2D eigenvalue weighted by Crippen LogP contribution is -2.12. The summed E-state index contributed by atoms with van der Waals surface area (Å²) in [5, 5.41) is 0. The van der Waals surface area contributed by atoms with Crippen LogP contribution in [0, 0.1) is 6.92 Å². The Bertz CT molecular complexity index is 863. The zero-order valence-corrected chi connectivity index (χ0v) is 16.6. The average Bonchev–Trinajstić information content (AvgIpc) is 2.63. The van der Waals surface area contributed by atoms with Crippen molar-refractivity contribution in [3.8, 4) is 0 Å². The Kier molecular flexibility index (Phi) is 7.32. The van der Waals surface area contributed by atoms with Crippen molar-refractivity contribution in [1.29, 1.82) is 0 Å².